The van der Waals surface area contributed by atoms with E-state index in [9.17, 15) is 0 Å². The molecule has 0 radical (unpaired) electrons. The molecule has 0 aliphatic carbocycles. The molecule has 1 nitrogen and oxygen atoms in total. The standard InChI is InChI=1S/C10H19N/c1-4-5-6-7-8-9-10(2,3)11/h4-5,8-9H,6-7,11H2,1-3H3/b5-4?,9-8-. The molecule has 0 spiro atoms. The van der Waals surface area contributed by atoms with Crippen LogP contribution in [0.4, 0.5) is 0 Å². The van der Waals surface area contributed by atoms with Crippen molar-refractivity contribution < 1.29 is 0 Å². The zero-order chi connectivity index (χ0) is 8.74. The largest absolute Gasteiger partial charge is 0.322 e. The fourth-order valence-electron chi connectivity index (χ4n) is 0.746. The molecule has 1 heteroatoms. The van der Waals surface area contributed by atoms with Crippen LogP contribution in [0.25, 0.3) is 0 Å². The third-order valence-corrected chi connectivity index (χ3v) is 1.28. The molecule has 0 amide bonds. The molecule has 2 N–H and O–H groups in total. The molecule has 0 unspecified atom stereocenters. The van der Waals surface area contributed by atoms with E-state index in [1.54, 1.807) is 0 Å². The molecule has 0 aromatic heterocycles. The summed E-state index contributed by atoms with van der Waals surface area (Å²) in [7, 11) is 0. The van der Waals surface area contributed by atoms with E-state index in [1.807, 2.05) is 20.8 Å². The fraction of sp³-hybridized carbons (Fsp3) is 0.600. The highest BCUT2D eigenvalue weighted by molar-refractivity contribution is 4.99. The SMILES string of the molecule is CC=CCC/C=C\C(C)(C)N. The number of unbranched alkanes of at least 4 members (excludes halogenated alkanes) is 1. The summed E-state index contributed by atoms with van der Waals surface area (Å²) >= 11 is 0. The Balaban J connectivity index is 3.45. The predicted octanol–water partition coefficient (Wildman–Crippen LogP) is 2.64. The normalized spacial score (nSPS) is 13.5. The quantitative estimate of drug-likeness (QED) is 0.487. The average Bonchev–Trinajstić information content (AvgIpc) is 1.85. The summed E-state index contributed by atoms with van der Waals surface area (Å²) in [6.45, 7) is 6.04. The molecule has 0 aliphatic rings. The first-order chi connectivity index (χ1) is 5.06. The Hall–Kier alpha value is -0.560. The average molecular weight is 153 g/mol. The summed E-state index contributed by atoms with van der Waals surface area (Å²) in [5, 5.41) is 0. The predicted molar refractivity (Wildman–Crippen MR) is 51.5 cm³/mol. The van der Waals surface area contributed by atoms with Gasteiger partial charge in [0.05, 0.1) is 0 Å². The highest BCUT2D eigenvalue weighted by atomic mass is 14.7. The minimum atomic E-state index is -0.157. The smallest absolute Gasteiger partial charge is 0.0281 e. The molecule has 0 aliphatic heterocycles. The maximum absolute atomic E-state index is 5.75. The van der Waals surface area contributed by atoms with Gasteiger partial charge in [-0.1, -0.05) is 24.3 Å². The van der Waals surface area contributed by atoms with Gasteiger partial charge in [-0.15, -0.1) is 0 Å². The maximum Gasteiger partial charge on any atom is 0.0281 e. The number of hydrogen-bond acceptors (Lipinski definition) is 1. The lowest BCUT2D eigenvalue weighted by molar-refractivity contribution is 0.651. The second-order valence-electron chi connectivity index (χ2n) is 3.37. The van der Waals surface area contributed by atoms with Crippen LogP contribution in [0.1, 0.15) is 33.6 Å². The lowest BCUT2D eigenvalue weighted by Crippen LogP contribution is -2.28. The molecule has 11 heavy (non-hydrogen) atoms. The summed E-state index contributed by atoms with van der Waals surface area (Å²) in [6, 6.07) is 0. The van der Waals surface area contributed by atoms with Gasteiger partial charge in [0.15, 0.2) is 0 Å². The number of nitrogens with two attached hydrogens (primary N) is 1. The summed E-state index contributed by atoms with van der Waals surface area (Å²) in [5.41, 5.74) is 5.59. The van der Waals surface area contributed by atoms with Crippen LogP contribution in [0.5, 0.6) is 0 Å². The van der Waals surface area contributed by atoms with Crippen LogP contribution in [-0.4, -0.2) is 5.54 Å². The number of hydrogen-bond donors (Lipinski definition) is 1. The van der Waals surface area contributed by atoms with E-state index >= 15 is 0 Å². The van der Waals surface area contributed by atoms with Crippen molar-refractivity contribution >= 4 is 0 Å². The molecule has 0 fully saturated rings. The second kappa shape index (κ2) is 5.14. The van der Waals surface area contributed by atoms with E-state index in [2.05, 4.69) is 24.3 Å². The van der Waals surface area contributed by atoms with E-state index in [0.29, 0.717) is 0 Å². The monoisotopic (exact) mass is 153 g/mol. The molecule has 0 rings (SSSR count). The van der Waals surface area contributed by atoms with Gasteiger partial charge in [-0.05, 0) is 33.6 Å². The van der Waals surface area contributed by atoms with Gasteiger partial charge in [-0.3, -0.25) is 0 Å². The molecule has 0 aromatic carbocycles. The van der Waals surface area contributed by atoms with Gasteiger partial charge in [0.2, 0.25) is 0 Å². The minimum absolute atomic E-state index is 0.157. The van der Waals surface area contributed by atoms with Crippen molar-refractivity contribution in [3.63, 3.8) is 0 Å². The van der Waals surface area contributed by atoms with Gasteiger partial charge in [-0.25, -0.2) is 0 Å². The van der Waals surface area contributed by atoms with Crippen molar-refractivity contribution in [3.05, 3.63) is 24.3 Å². The van der Waals surface area contributed by atoms with Gasteiger partial charge < -0.3 is 5.73 Å². The molecule has 0 saturated carbocycles. The third kappa shape index (κ3) is 9.44. The van der Waals surface area contributed by atoms with Crippen molar-refractivity contribution in [2.45, 2.75) is 39.2 Å². The fourth-order valence-corrected chi connectivity index (χ4v) is 0.746. The Morgan fingerprint density at radius 2 is 1.73 bits per heavy atom. The van der Waals surface area contributed by atoms with Crippen LogP contribution in [0, 0.1) is 0 Å². The Bertz CT molecular complexity index is 137. The zero-order valence-electron chi connectivity index (χ0n) is 7.80. The second-order valence-corrected chi connectivity index (χ2v) is 3.37. The Kier molecular flexibility index (Phi) is 4.88. The first-order valence-corrected chi connectivity index (χ1v) is 4.14. The third-order valence-electron chi connectivity index (χ3n) is 1.28. The van der Waals surface area contributed by atoms with E-state index in [1.165, 1.54) is 0 Å². The van der Waals surface area contributed by atoms with Gasteiger partial charge in [0, 0.05) is 5.54 Å². The summed E-state index contributed by atoms with van der Waals surface area (Å²) < 4.78 is 0. The number of allylic oxidation sites excluding steroid dienone is 3. The maximum atomic E-state index is 5.75. The summed E-state index contributed by atoms with van der Waals surface area (Å²) in [4.78, 5) is 0. The highest BCUT2D eigenvalue weighted by Gasteiger charge is 2.02. The zero-order valence-corrected chi connectivity index (χ0v) is 7.80. The van der Waals surface area contributed by atoms with Crippen molar-refractivity contribution in [1.29, 1.82) is 0 Å². The Morgan fingerprint density at radius 1 is 1.18 bits per heavy atom. The molecular formula is C10H19N. The number of rotatable bonds is 4. The van der Waals surface area contributed by atoms with Crippen molar-refractivity contribution in [2.24, 2.45) is 5.73 Å². The van der Waals surface area contributed by atoms with Gasteiger partial charge in [-0.2, -0.15) is 0 Å². The van der Waals surface area contributed by atoms with Crippen LogP contribution in [0.3, 0.4) is 0 Å². The Labute approximate surface area is 70.0 Å². The van der Waals surface area contributed by atoms with Gasteiger partial charge >= 0.3 is 0 Å². The van der Waals surface area contributed by atoms with Crippen LogP contribution < -0.4 is 5.73 Å². The lowest BCUT2D eigenvalue weighted by Gasteiger charge is -2.10. The minimum Gasteiger partial charge on any atom is -0.322 e. The Morgan fingerprint density at radius 3 is 2.18 bits per heavy atom. The van der Waals surface area contributed by atoms with Crippen molar-refractivity contribution in [1.82, 2.24) is 0 Å². The van der Waals surface area contributed by atoms with Gasteiger partial charge in [0.1, 0.15) is 0 Å². The van der Waals surface area contributed by atoms with E-state index in [4.69, 9.17) is 5.73 Å². The summed E-state index contributed by atoms with van der Waals surface area (Å²) in [5.74, 6) is 0. The lowest BCUT2D eigenvalue weighted by atomic mass is 10.1. The molecule has 64 valence electrons. The molecular weight excluding hydrogens is 134 g/mol. The topological polar surface area (TPSA) is 26.0 Å². The van der Waals surface area contributed by atoms with Gasteiger partial charge in [0.25, 0.3) is 0 Å². The molecule has 0 atom stereocenters. The summed E-state index contributed by atoms with van der Waals surface area (Å²) in [6.07, 6.45) is 10.6. The first kappa shape index (κ1) is 10.4. The molecule has 0 heterocycles. The van der Waals surface area contributed by atoms with E-state index in [0.717, 1.165) is 12.8 Å². The van der Waals surface area contributed by atoms with Crippen LogP contribution >= 0.6 is 0 Å². The van der Waals surface area contributed by atoms with E-state index < -0.39 is 0 Å². The van der Waals surface area contributed by atoms with Crippen LogP contribution in [0.15, 0.2) is 24.3 Å². The highest BCUT2D eigenvalue weighted by Crippen LogP contribution is 2.01. The molecule has 0 bridgehead atoms. The van der Waals surface area contributed by atoms with Crippen LogP contribution in [0.2, 0.25) is 0 Å². The molecule has 0 aromatic rings. The van der Waals surface area contributed by atoms with Crippen LogP contribution in [-0.2, 0) is 0 Å². The van der Waals surface area contributed by atoms with E-state index in [-0.39, 0.29) is 5.54 Å². The van der Waals surface area contributed by atoms with Crippen molar-refractivity contribution in [3.8, 4) is 0 Å². The first-order valence-electron chi connectivity index (χ1n) is 4.14. The molecule has 0 saturated heterocycles. The van der Waals surface area contributed by atoms with Crippen molar-refractivity contribution in [2.75, 3.05) is 0 Å².